The van der Waals surface area contributed by atoms with Gasteiger partial charge in [0.1, 0.15) is 5.76 Å². The molecule has 0 aliphatic carbocycles. The van der Waals surface area contributed by atoms with Crippen molar-refractivity contribution in [3.05, 3.63) is 35.0 Å². The number of fused-ring (bicyclic) bond motifs is 1. The van der Waals surface area contributed by atoms with Crippen molar-refractivity contribution in [2.75, 3.05) is 0 Å². The summed E-state index contributed by atoms with van der Waals surface area (Å²) >= 11 is 6.05. The maximum absolute atomic E-state index is 6.05. The van der Waals surface area contributed by atoms with Crippen LogP contribution in [0.1, 0.15) is 25.6 Å². The van der Waals surface area contributed by atoms with E-state index in [0.29, 0.717) is 10.9 Å². The van der Waals surface area contributed by atoms with Crippen molar-refractivity contribution in [1.82, 2.24) is 5.43 Å². The zero-order chi connectivity index (χ0) is 11.7. The van der Waals surface area contributed by atoms with Crippen molar-refractivity contribution in [2.24, 2.45) is 11.8 Å². The molecule has 0 bridgehead atoms. The normalized spacial score (nSPS) is 13.6. The topological polar surface area (TPSA) is 51.2 Å². The minimum Gasteiger partial charge on any atom is -0.458 e. The molecule has 0 fully saturated rings. The van der Waals surface area contributed by atoms with Gasteiger partial charge >= 0.3 is 0 Å². The highest BCUT2D eigenvalue weighted by molar-refractivity contribution is 6.34. The number of nitrogens with one attached hydrogen (secondary N) is 1. The standard InChI is InChI=1S/C12H15ClN2O/c1-7(2)11(15-14)10-6-8-4-3-5-9(13)12(8)16-10/h3-7,11,15H,14H2,1-2H3. The van der Waals surface area contributed by atoms with E-state index in [1.54, 1.807) is 0 Å². The lowest BCUT2D eigenvalue weighted by atomic mass is 10.0. The highest BCUT2D eigenvalue weighted by Gasteiger charge is 2.19. The smallest absolute Gasteiger partial charge is 0.152 e. The molecule has 2 rings (SSSR count). The molecule has 1 heterocycles. The van der Waals surface area contributed by atoms with Crippen molar-refractivity contribution in [2.45, 2.75) is 19.9 Å². The first-order valence-electron chi connectivity index (χ1n) is 5.27. The summed E-state index contributed by atoms with van der Waals surface area (Å²) in [6.45, 7) is 4.17. The Morgan fingerprint density at radius 2 is 2.12 bits per heavy atom. The van der Waals surface area contributed by atoms with Crippen LogP contribution in [0, 0.1) is 5.92 Å². The van der Waals surface area contributed by atoms with E-state index >= 15 is 0 Å². The molecular weight excluding hydrogens is 224 g/mol. The molecule has 3 N–H and O–H groups in total. The van der Waals surface area contributed by atoms with Gasteiger partial charge in [-0.25, -0.2) is 5.43 Å². The third kappa shape index (κ3) is 1.94. The van der Waals surface area contributed by atoms with Crippen molar-refractivity contribution >= 4 is 22.6 Å². The highest BCUT2D eigenvalue weighted by atomic mass is 35.5. The molecule has 0 radical (unpaired) electrons. The molecule has 1 atom stereocenters. The molecule has 1 aromatic heterocycles. The number of hydrogen-bond donors (Lipinski definition) is 2. The van der Waals surface area contributed by atoms with Crippen molar-refractivity contribution in [1.29, 1.82) is 0 Å². The molecular formula is C12H15ClN2O. The molecule has 86 valence electrons. The summed E-state index contributed by atoms with van der Waals surface area (Å²) in [6, 6.07) is 7.68. The SMILES string of the molecule is CC(C)C(NN)c1cc2cccc(Cl)c2o1. The average Bonchev–Trinajstić information content (AvgIpc) is 2.63. The highest BCUT2D eigenvalue weighted by Crippen LogP contribution is 2.31. The number of nitrogens with two attached hydrogens (primary N) is 1. The van der Waals surface area contributed by atoms with Gasteiger partial charge in [0, 0.05) is 5.39 Å². The van der Waals surface area contributed by atoms with Gasteiger partial charge in [-0.1, -0.05) is 37.6 Å². The Morgan fingerprint density at radius 3 is 2.69 bits per heavy atom. The van der Waals surface area contributed by atoms with Gasteiger partial charge < -0.3 is 4.42 Å². The Hall–Kier alpha value is -1.03. The Labute approximate surface area is 99.5 Å². The predicted molar refractivity (Wildman–Crippen MR) is 66.1 cm³/mol. The first-order chi connectivity index (χ1) is 7.63. The maximum Gasteiger partial charge on any atom is 0.152 e. The van der Waals surface area contributed by atoms with Gasteiger partial charge in [-0.15, -0.1) is 0 Å². The largest absolute Gasteiger partial charge is 0.458 e. The van der Waals surface area contributed by atoms with E-state index in [-0.39, 0.29) is 6.04 Å². The number of furan rings is 1. The van der Waals surface area contributed by atoms with E-state index in [2.05, 4.69) is 19.3 Å². The van der Waals surface area contributed by atoms with Crippen LogP contribution in [0.5, 0.6) is 0 Å². The average molecular weight is 239 g/mol. The number of halogens is 1. The summed E-state index contributed by atoms with van der Waals surface area (Å²) in [7, 11) is 0. The number of hydrazine groups is 1. The molecule has 4 heteroatoms. The second kappa shape index (κ2) is 4.45. The van der Waals surface area contributed by atoms with E-state index < -0.39 is 0 Å². The fraction of sp³-hybridized carbons (Fsp3) is 0.333. The summed E-state index contributed by atoms with van der Waals surface area (Å²) in [5, 5.41) is 1.63. The zero-order valence-corrected chi connectivity index (χ0v) is 10.1. The van der Waals surface area contributed by atoms with Crippen LogP contribution >= 0.6 is 11.6 Å². The Kier molecular flexibility index (Phi) is 3.19. The lowest BCUT2D eigenvalue weighted by Crippen LogP contribution is -2.31. The van der Waals surface area contributed by atoms with Gasteiger partial charge in [-0.2, -0.15) is 0 Å². The Morgan fingerprint density at radius 1 is 1.38 bits per heavy atom. The van der Waals surface area contributed by atoms with Gasteiger partial charge in [-0.05, 0) is 18.1 Å². The fourth-order valence-corrected chi connectivity index (χ4v) is 2.02. The van der Waals surface area contributed by atoms with Crippen LogP contribution in [0.15, 0.2) is 28.7 Å². The van der Waals surface area contributed by atoms with E-state index in [0.717, 1.165) is 16.7 Å². The number of hydrogen-bond acceptors (Lipinski definition) is 3. The van der Waals surface area contributed by atoms with Crippen LogP contribution in [-0.4, -0.2) is 0 Å². The number of benzene rings is 1. The first-order valence-corrected chi connectivity index (χ1v) is 5.65. The van der Waals surface area contributed by atoms with Crippen molar-refractivity contribution in [3.63, 3.8) is 0 Å². The molecule has 16 heavy (non-hydrogen) atoms. The fourth-order valence-electron chi connectivity index (χ4n) is 1.80. The number of rotatable bonds is 3. The lowest BCUT2D eigenvalue weighted by molar-refractivity contribution is 0.356. The molecule has 0 amide bonds. The van der Waals surface area contributed by atoms with E-state index in [9.17, 15) is 0 Å². The van der Waals surface area contributed by atoms with Crippen LogP contribution in [0.2, 0.25) is 5.02 Å². The summed E-state index contributed by atoms with van der Waals surface area (Å²) < 4.78 is 5.74. The van der Waals surface area contributed by atoms with Crippen LogP contribution in [0.25, 0.3) is 11.0 Å². The molecule has 1 unspecified atom stereocenters. The Balaban J connectivity index is 2.50. The zero-order valence-electron chi connectivity index (χ0n) is 9.33. The van der Waals surface area contributed by atoms with Gasteiger partial charge in [0.2, 0.25) is 0 Å². The lowest BCUT2D eigenvalue weighted by Gasteiger charge is -2.16. The van der Waals surface area contributed by atoms with Crippen molar-refractivity contribution < 1.29 is 4.42 Å². The summed E-state index contributed by atoms with van der Waals surface area (Å²) in [6.07, 6.45) is 0. The first kappa shape index (κ1) is 11.5. The molecule has 0 spiro atoms. The second-order valence-corrected chi connectivity index (χ2v) is 4.60. The summed E-state index contributed by atoms with van der Waals surface area (Å²) in [4.78, 5) is 0. The minimum atomic E-state index is 0.00321. The predicted octanol–water partition coefficient (Wildman–Crippen LogP) is 3.25. The summed E-state index contributed by atoms with van der Waals surface area (Å²) in [5.74, 6) is 6.69. The van der Waals surface area contributed by atoms with Gasteiger partial charge in [-0.3, -0.25) is 5.84 Å². The van der Waals surface area contributed by atoms with Crippen LogP contribution in [0.3, 0.4) is 0 Å². The molecule has 2 aromatic rings. The third-order valence-electron chi connectivity index (χ3n) is 2.67. The number of para-hydroxylation sites is 1. The van der Waals surface area contributed by atoms with Gasteiger partial charge in [0.25, 0.3) is 0 Å². The van der Waals surface area contributed by atoms with Crippen LogP contribution in [0.4, 0.5) is 0 Å². The summed E-state index contributed by atoms with van der Waals surface area (Å²) in [5.41, 5.74) is 3.48. The molecule has 0 saturated heterocycles. The maximum atomic E-state index is 6.05. The quantitative estimate of drug-likeness (QED) is 0.638. The van der Waals surface area contributed by atoms with Gasteiger partial charge in [0.15, 0.2) is 5.58 Å². The van der Waals surface area contributed by atoms with Crippen LogP contribution in [-0.2, 0) is 0 Å². The van der Waals surface area contributed by atoms with Crippen molar-refractivity contribution in [3.8, 4) is 0 Å². The van der Waals surface area contributed by atoms with E-state index in [1.807, 2.05) is 24.3 Å². The van der Waals surface area contributed by atoms with Crippen LogP contribution < -0.4 is 11.3 Å². The third-order valence-corrected chi connectivity index (χ3v) is 2.97. The second-order valence-electron chi connectivity index (χ2n) is 4.20. The molecule has 3 nitrogen and oxygen atoms in total. The van der Waals surface area contributed by atoms with E-state index in [1.165, 1.54) is 0 Å². The minimum absolute atomic E-state index is 0.00321. The molecule has 1 aromatic carbocycles. The Bertz CT molecular complexity index is 493. The molecule has 0 aliphatic rings. The van der Waals surface area contributed by atoms with Gasteiger partial charge in [0.05, 0.1) is 11.1 Å². The molecule has 0 saturated carbocycles. The monoisotopic (exact) mass is 238 g/mol. The molecule has 0 aliphatic heterocycles. The van der Waals surface area contributed by atoms with E-state index in [4.69, 9.17) is 21.9 Å².